The van der Waals surface area contributed by atoms with Crippen molar-refractivity contribution < 1.29 is 9.59 Å². The van der Waals surface area contributed by atoms with Gasteiger partial charge in [0.05, 0.1) is 16.3 Å². The van der Waals surface area contributed by atoms with Gasteiger partial charge in [-0.1, -0.05) is 23.7 Å². The van der Waals surface area contributed by atoms with E-state index < -0.39 is 0 Å². The number of halogens is 1. The molecule has 0 spiro atoms. The highest BCUT2D eigenvalue weighted by atomic mass is 35.5. The molecular weight excluding hydrogens is 378 g/mol. The number of hydrogen-bond donors (Lipinski definition) is 1. The maximum absolute atomic E-state index is 12.8. The smallest absolute Gasteiger partial charge is 0.272 e. The van der Waals surface area contributed by atoms with E-state index in [-0.39, 0.29) is 11.8 Å². The van der Waals surface area contributed by atoms with Crippen molar-refractivity contribution in [3.8, 4) is 11.3 Å². The number of pyridine rings is 1. The summed E-state index contributed by atoms with van der Waals surface area (Å²) in [7, 11) is 0. The maximum Gasteiger partial charge on any atom is 0.272 e. The van der Waals surface area contributed by atoms with Crippen LogP contribution in [0.3, 0.4) is 0 Å². The zero-order chi connectivity index (χ0) is 19.5. The molecule has 142 valence electrons. The number of carbonyl (C=O) groups excluding carboxylic acids is 2. The molecule has 1 aliphatic heterocycles. The van der Waals surface area contributed by atoms with Crippen LogP contribution in [-0.4, -0.2) is 63.0 Å². The minimum absolute atomic E-state index is 0.113. The van der Waals surface area contributed by atoms with Crippen LogP contribution in [0.15, 0.2) is 54.9 Å². The molecule has 1 aliphatic rings. The molecule has 7 nitrogen and oxygen atoms in total. The van der Waals surface area contributed by atoms with Gasteiger partial charge in [0.15, 0.2) is 0 Å². The average Bonchev–Trinajstić information content (AvgIpc) is 3.24. The molecule has 28 heavy (non-hydrogen) atoms. The lowest BCUT2D eigenvalue weighted by atomic mass is 10.1. The highest BCUT2D eigenvalue weighted by Crippen LogP contribution is 2.20. The lowest BCUT2D eigenvalue weighted by Crippen LogP contribution is -2.50. The third kappa shape index (κ3) is 3.61. The standard InChI is InChI=1S/C20H18ClN5O2/c21-16-6-2-1-5-15(16)19(27)25-8-10-26(11-9-25)20(28)18-12-17(23-24-18)14-4-3-7-22-13-14/h1-7,12-13H,8-11H2,(H,23,24). The fourth-order valence-electron chi connectivity index (χ4n) is 3.18. The van der Waals surface area contributed by atoms with Crippen molar-refractivity contribution in [3.05, 3.63) is 71.1 Å². The molecule has 4 rings (SSSR count). The van der Waals surface area contributed by atoms with Gasteiger partial charge in [0, 0.05) is 44.1 Å². The van der Waals surface area contributed by atoms with Gasteiger partial charge in [-0.05, 0) is 30.3 Å². The first kappa shape index (κ1) is 18.2. The topological polar surface area (TPSA) is 82.2 Å². The van der Waals surface area contributed by atoms with Crippen molar-refractivity contribution in [3.63, 3.8) is 0 Å². The second kappa shape index (κ2) is 7.82. The molecule has 0 atom stereocenters. The van der Waals surface area contributed by atoms with Gasteiger partial charge in [0.2, 0.25) is 0 Å². The molecule has 1 fully saturated rings. The Morgan fingerprint density at radius 3 is 2.36 bits per heavy atom. The van der Waals surface area contributed by atoms with Crippen molar-refractivity contribution in [2.45, 2.75) is 0 Å². The molecule has 1 saturated heterocycles. The summed E-state index contributed by atoms with van der Waals surface area (Å²) in [6.45, 7) is 1.82. The summed E-state index contributed by atoms with van der Waals surface area (Å²) >= 11 is 6.12. The second-order valence-electron chi connectivity index (χ2n) is 6.47. The number of H-pyrrole nitrogens is 1. The number of nitrogens with zero attached hydrogens (tertiary/aromatic N) is 4. The third-order valence-corrected chi connectivity index (χ3v) is 5.05. The Labute approximate surface area is 166 Å². The summed E-state index contributed by atoms with van der Waals surface area (Å²) in [5, 5.41) is 7.44. The van der Waals surface area contributed by atoms with E-state index in [1.165, 1.54) is 0 Å². The largest absolute Gasteiger partial charge is 0.335 e. The lowest BCUT2D eigenvalue weighted by Gasteiger charge is -2.34. The molecule has 2 amide bonds. The van der Waals surface area contributed by atoms with E-state index in [1.807, 2.05) is 12.1 Å². The average molecular weight is 396 g/mol. The number of amides is 2. The summed E-state index contributed by atoms with van der Waals surface area (Å²) < 4.78 is 0. The molecular formula is C20H18ClN5O2. The van der Waals surface area contributed by atoms with Crippen LogP contribution in [-0.2, 0) is 0 Å². The van der Waals surface area contributed by atoms with Gasteiger partial charge in [-0.3, -0.25) is 19.7 Å². The molecule has 0 radical (unpaired) electrons. The highest BCUT2D eigenvalue weighted by molar-refractivity contribution is 6.33. The summed E-state index contributed by atoms with van der Waals surface area (Å²) in [5.41, 5.74) is 2.42. The maximum atomic E-state index is 12.8. The molecule has 0 aliphatic carbocycles. The molecule has 3 aromatic rings. The fourth-order valence-corrected chi connectivity index (χ4v) is 3.40. The minimum atomic E-state index is -0.132. The van der Waals surface area contributed by atoms with Crippen LogP contribution in [0, 0.1) is 0 Å². The van der Waals surface area contributed by atoms with Crippen LogP contribution in [0.4, 0.5) is 0 Å². The summed E-state index contributed by atoms with van der Waals surface area (Å²) in [6, 6.07) is 12.4. The van der Waals surface area contributed by atoms with Crippen LogP contribution >= 0.6 is 11.6 Å². The van der Waals surface area contributed by atoms with Crippen molar-refractivity contribution in [1.29, 1.82) is 0 Å². The first-order chi connectivity index (χ1) is 13.6. The van der Waals surface area contributed by atoms with Gasteiger partial charge in [-0.15, -0.1) is 0 Å². The van der Waals surface area contributed by atoms with E-state index in [1.54, 1.807) is 52.5 Å². The van der Waals surface area contributed by atoms with E-state index in [0.717, 1.165) is 5.56 Å². The summed E-state index contributed by atoms with van der Waals surface area (Å²) in [4.78, 5) is 32.9. The Morgan fingerprint density at radius 1 is 0.964 bits per heavy atom. The number of aromatic nitrogens is 3. The Balaban J connectivity index is 1.40. The highest BCUT2D eigenvalue weighted by Gasteiger charge is 2.27. The second-order valence-corrected chi connectivity index (χ2v) is 6.88. The molecule has 3 heterocycles. The molecule has 1 N–H and O–H groups in total. The number of rotatable bonds is 3. The van der Waals surface area contributed by atoms with Gasteiger partial charge in [0.1, 0.15) is 5.69 Å². The van der Waals surface area contributed by atoms with E-state index in [9.17, 15) is 9.59 Å². The van der Waals surface area contributed by atoms with Crippen LogP contribution < -0.4 is 0 Å². The summed E-state index contributed by atoms with van der Waals surface area (Å²) in [5.74, 6) is -0.245. The van der Waals surface area contributed by atoms with Crippen LogP contribution in [0.25, 0.3) is 11.3 Å². The van der Waals surface area contributed by atoms with Crippen molar-refractivity contribution in [1.82, 2.24) is 25.0 Å². The normalized spacial score (nSPS) is 14.2. The van der Waals surface area contributed by atoms with Crippen molar-refractivity contribution in [2.24, 2.45) is 0 Å². The quantitative estimate of drug-likeness (QED) is 0.739. The number of aromatic amines is 1. The third-order valence-electron chi connectivity index (χ3n) is 4.72. The molecule has 2 aromatic heterocycles. The van der Waals surface area contributed by atoms with Gasteiger partial charge >= 0.3 is 0 Å². The van der Waals surface area contributed by atoms with E-state index in [0.29, 0.717) is 48.2 Å². The predicted octanol–water partition coefficient (Wildman–Crippen LogP) is 2.72. The predicted molar refractivity (Wildman–Crippen MR) is 105 cm³/mol. The number of benzene rings is 1. The van der Waals surface area contributed by atoms with Gasteiger partial charge < -0.3 is 9.80 Å². The Kier molecular flexibility index (Phi) is 5.08. The van der Waals surface area contributed by atoms with E-state index >= 15 is 0 Å². The van der Waals surface area contributed by atoms with Crippen molar-refractivity contribution >= 4 is 23.4 Å². The first-order valence-electron chi connectivity index (χ1n) is 8.92. The number of piperazine rings is 1. The van der Waals surface area contributed by atoms with Crippen LogP contribution in [0.5, 0.6) is 0 Å². The van der Waals surface area contributed by atoms with E-state index in [4.69, 9.17) is 11.6 Å². The van der Waals surface area contributed by atoms with Crippen LogP contribution in [0.1, 0.15) is 20.8 Å². The zero-order valence-corrected chi connectivity index (χ0v) is 15.8. The van der Waals surface area contributed by atoms with E-state index in [2.05, 4.69) is 15.2 Å². The lowest BCUT2D eigenvalue weighted by molar-refractivity contribution is 0.0532. The number of nitrogens with one attached hydrogen (secondary N) is 1. The molecule has 8 heteroatoms. The van der Waals surface area contributed by atoms with Gasteiger partial charge in [0.25, 0.3) is 11.8 Å². The Bertz CT molecular complexity index is 997. The summed E-state index contributed by atoms with van der Waals surface area (Å²) in [6.07, 6.45) is 3.38. The molecule has 0 bridgehead atoms. The minimum Gasteiger partial charge on any atom is -0.335 e. The Hall–Kier alpha value is -3.19. The number of carbonyl (C=O) groups is 2. The first-order valence-corrected chi connectivity index (χ1v) is 9.30. The van der Waals surface area contributed by atoms with Crippen LogP contribution in [0.2, 0.25) is 5.02 Å². The molecule has 0 unspecified atom stereocenters. The monoisotopic (exact) mass is 395 g/mol. The zero-order valence-electron chi connectivity index (χ0n) is 15.0. The molecule has 0 saturated carbocycles. The fraction of sp³-hybridized carbons (Fsp3) is 0.200. The molecule has 1 aromatic carbocycles. The SMILES string of the molecule is O=C(c1cc(-c2cccnc2)n[nH]1)N1CCN(C(=O)c2ccccc2Cl)CC1. The number of hydrogen-bond acceptors (Lipinski definition) is 4. The van der Waals surface area contributed by atoms with Crippen molar-refractivity contribution in [2.75, 3.05) is 26.2 Å². The van der Waals surface area contributed by atoms with Gasteiger partial charge in [-0.25, -0.2) is 0 Å². The van der Waals surface area contributed by atoms with Gasteiger partial charge in [-0.2, -0.15) is 5.10 Å². The Morgan fingerprint density at radius 2 is 1.68 bits per heavy atom.